The Morgan fingerprint density at radius 3 is 2.50 bits per heavy atom. The Morgan fingerprint density at radius 1 is 1.15 bits per heavy atom. The first kappa shape index (κ1) is 16.5. The van der Waals surface area contributed by atoms with Gasteiger partial charge in [-0.25, -0.2) is 9.07 Å². The summed E-state index contributed by atoms with van der Waals surface area (Å²) in [5, 5.41) is 7.65. The second-order valence-electron chi connectivity index (χ2n) is 6.72. The number of para-hydroxylation sites is 1. The molecule has 0 bridgehead atoms. The predicted molar refractivity (Wildman–Crippen MR) is 97.8 cm³/mol. The van der Waals surface area contributed by atoms with E-state index in [0.717, 1.165) is 29.8 Å². The highest BCUT2D eigenvalue weighted by molar-refractivity contribution is 5.93. The van der Waals surface area contributed by atoms with Crippen molar-refractivity contribution >= 4 is 5.91 Å². The Labute approximate surface area is 151 Å². The Balaban J connectivity index is 1.61. The van der Waals surface area contributed by atoms with Crippen LogP contribution in [0, 0.1) is 5.82 Å². The van der Waals surface area contributed by atoms with Crippen molar-refractivity contribution in [3.8, 4) is 5.69 Å². The van der Waals surface area contributed by atoms with Crippen LogP contribution in [-0.2, 0) is 0 Å². The fraction of sp³-hybridized carbons (Fsp3) is 0.238. The molecule has 1 aliphatic rings. The number of halogens is 1. The highest BCUT2D eigenvalue weighted by Crippen LogP contribution is 2.39. The second kappa shape index (κ2) is 6.75. The van der Waals surface area contributed by atoms with E-state index in [9.17, 15) is 9.18 Å². The lowest BCUT2D eigenvalue weighted by molar-refractivity contribution is 0.0932. The molecule has 1 atom stereocenters. The first-order valence-electron chi connectivity index (χ1n) is 8.83. The Morgan fingerprint density at radius 2 is 1.85 bits per heavy atom. The zero-order valence-electron chi connectivity index (χ0n) is 14.5. The van der Waals surface area contributed by atoms with E-state index < -0.39 is 0 Å². The van der Waals surface area contributed by atoms with E-state index in [2.05, 4.69) is 10.4 Å². The number of hydrogen-bond acceptors (Lipinski definition) is 2. The van der Waals surface area contributed by atoms with E-state index in [1.807, 2.05) is 43.3 Å². The largest absolute Gasteiger partial charge is 0.344 e. The van der Waals surface area contributed by atoms with Crippen LogP contribution in [0.5, 0.6) is 0 Å². The molecule has 1 unspecified atom stereocenters. The number of benzene rings is 2. The van der Waals surface area contributed by atoms with Gasteiger partial charge in [-0.2, -0.15) is 5.10 Å². The number of nitrogens with zero attached hydrogens (tertiary/aromatic N) is 2. The number of nitrogens with one attached hydrogen (secondary N) is 1. The number of hydrogen-bond donors (Lipinski definition) is 1. The molecule has 1 N–H and O–H groups in total. The third-order valence-electron chi connectivity index (χ3n) is 4.67. The SMILES string of the molecule is CC(NC(=O)c1cc(C2CC2)nn1-c1ccccc1)c1ccc(F)cc1. The summed E-state index contributed by atoms with van der Waals surface area (Å²) < 4.78 is 14.8. The molecule has 3 aromatic rings. The predicted octanol–water partition coefficient (Wildman–Crippen LogP) is 4.38. The normalized spacial score (nSPS) is 14.8. The average Bonchev–Trinajstić information content (AvgIpc) is 3.41. The molecule has 0 aliphatic heterocycles. The van der Waals surface area contributed by atoms with Gasteiger partial charge in [-0.15, -0.1) is 0 Å². The molecule has 1 saturated carbocycles. The fourth-order valence-electron chi connectivity index (χ4n) is 3.01. The van der Waals surface area contributed by atoms with Crippen LogP contribution in [0.2, 0.25) is 0 Å². The number of carbonyl (C=O) groups excluding carboxylic acids is 1. The molecule has 1 heterocycles. The number of amides is 1. The smallest absolute Gasteiger partial charge is 0.270 e. The minimum Gasteiger partial charge on any atom is -0.344 e. The van der Waals surface area contributed by atoms with E-state index in [1.165, 1.54) is 12.1 Å². The molecular formula is C21H20FN3O. The molecule has 1 aliphatic carbocycles. The van der Waals surface area contributed by atoms with E-state index in [-0.39, 0.29) is 17.8 Å². The maximum Gasteiger partial charge on any atom is 0.270 e. The number of carbonyl (C=O) groups is 1. The van der Waals surface area contributed by atoms with E-state index in [0.29, 0.717) is 11.6 Å². The maximum absolute atomic E-state index is 13.1. The zero-order chi connectivity index (χ0) is 18.1. The van der Waals surface area contributed by atoms with Gasteiger partial charge >= 0.3 is 0 Å². The molecule has 0 spiro atoms. The van der Waals surface area contributed by atoms with Gasteiger partial charge < -0.3 is 5.32 Å². The standard InChI is InChI=1S/C21H20FN3O/c1-14(15-9-11-17(22)12-10-15)23-21(26)20-13-19(16-7-8-16)24-25(20)18-5-3-2-4-6-18/h2-6,9-14,16H,7-8H2,1H3,(H,23,26). The molecule has 1 aromatic heterocycles. The summed E-state index contributed by atoms with van der Waals surface area (Å²) in [7, 11) is 0. The topological polar surface area (TPSA) is 46.9 Å². The van der Waals surface area contributed by atoms with Gasteiger partial charge in [0.1, 0.15) is 11.5 Å². The monoisotopic (exact) mass is 349 g/mol. The van der Waals surface area contributed by atoms with Gasteiger partial charge in [-0.05, 0) is 55.7 Å². The number of rotatable bonds is 5. The van der Waals surface area contributed by atoms with Crippen molar-refractivity contribution in [2.75, 3.05) is 0 Å². The van der Waals surface area contributed by atoms with Crippen LogP contribution in [-0.4, -0.2) is 15.7 Å². The molecule has 0 radical (unpaired) electrons. The van der Waals surface area contributed by atoms with Crippen molar-refractivity contribution < 1.29 is 9.18 Å². The first-order valence-corrected chi connectivity index (χ1v) is 8.83. The fourth-order valence-corrected chi connectivity index (χ4v) is 3.01. The minimum absolute atomic E-state index is 0.190. The van der Waals surface area contributed by atoms with E-state index in [1.54, 1.807) is 16.8 Å². The summed E-state index contributed by atoms with van der Waals surface area (Å²) in [5.74, 6) is -0.0189. The molecule has 0 saturated heterocycles. The molecule has 2 aromatic carbocycles. The maximum atomic E-state index is 13.1. The van der Waals surface area contributed by atoms with Crippen molar-refractivity contribution in [3.05, 3.63) is 83.4 Å². The summed E-state index contributed by atoms with van der Waals surface area (Å²) in [5.41, 5.74) is 3.20. The van der Waals surface area contributed by atoms with Crippen molar-refractivity contribution in [2.45, 2.75) is 31.7 Å². The molecule has 4 nitrogen and oxygen atoms in total. The Kier molecular flexibility index (Phi) is 4.29. The lowest BCUT2D eigenvalue weighted by Crippen LogP contribution is -2.28. The van der Waals surface area contributed by atoms with Crippen LogP contribution in [0.15, 0.2) is 60.7 Å². The zero-order valence-corrected chi connectivity index (χ0v) is 14.5. The molecule has 5 heteroatoms. The van der Waals surface area contributed by atoms with Gasteiger partial charge in [-0.3, -0.25) is 4.79 Å². The first-order chi connectivity index (χ1) is 12.6. The van der Waals surface area contributed by atoms with Crippen molar-refractivity contribution in [2.24, 2.45) is 0 Å². The molecule has 26 heavy (non-hydrogen) atoms. The molecule has 1 fully saturated rings. The average molecular weight is 349 g/mol. The third-order valence-corrected chi connectivity index (χ3v) is 4.67. The van der Waals surface area contributed by atoms with Crippen molar-refractivity contribution in [3.63, 3.8) is 0 Å². The lowest BCUT2D eigenvalue weighted by Gasteiger charge is -2.15. The molecule has 4 rings (SSSR count). The summed E-state index contributed by atoms with van der Waals surface area (Å²) in [6, 6.07) is 17.5. The van der Waals surface area contributed by atoms with Crippen LogP contribution in [0.1, 0.15) is 53.5 Å². The van der Waals surface area contributed by atoms with Gasteiger partial charge in [0.25, 0.3) is 5.91 Å². The summed E-state index contributed by atoms with van der Waals surface area (Å²) in [6.45, 7) is 1.89. The minimum atomic E-state index is -0.288. The molecule has 132 valence electrons. The van der Waals surface area contributed by atoms with Gasteiger partial charge in [-0.1, -0.05) is 30.3 Å². The lowest BCUT2D eigenvalue weighted by atomic mass is 10.1. The van der Waals surface area contributed by atoms with Crippen LogP contribution < -0.4 is 5.32 Å². The van der Waals surface area contributed by atoms with Gasteiger partial charge in [0, 0.05) is 5.92 Å². The highest BCUT2D eigenvalue weighted by Gasteiger charge is 2.29. The van der Waals surface area contributed by atoms with Gasteiger partial charge in [0.15, 0.2) is 0 Å². The van der Waals surface area contributed by atoms with E-state index in [4.69, 9.17) is 0 Å². The second-order valence-corrected chi connectivity index (χ2v) is 6.72. The van der Waals surface area contributed by atoms with Crippen LogP contribution in [0.3, 0.4) is 0 Å². The van der Waals surface area contributed by atoms with Crippen molar-refractivity contribution in [1.82, 2.24) is 15.1 Å². The van der Waals surface area contributed by atoms with E-state index >= 15 is 0 Å². The Hall–Kier alpha value is -2.95. The Bertz CT molecular complexity index is 914. The van der Waals surface area contributed by atoms with Crippen LogP contribution >= 0.6 is 0 Å². The molecule has 1 amide bonds. The highest BCUT2D eigenvalue weighted by atomic mass is 19.1. The van der Waals surface area contributed by atoms with Crippen LogP contribution in [0.25, 0.3) is 5.69 Å². The quantitative estimate of drug-likeness (QED) is 0.743. The summed E-state index contributed by atoms with van der Waals surface area (Å²) in [4.78, 5) is 12.9. The van der Waals surface area contributed by atoms with Crippen molar-refractivity contribution in [1.29, 1.82) is 0 Å². The van der Waals surface area contributed by atoms with Gasteiger partial charge in [0.2, 0.25) is 0 Å². The third kappa shape index (κ3) is 3.38. The summed E-state index contributed by atoms with van der Waals surface area (Å²) >= 11 is 0. The molecular weight excluding hydrogens is 329 g/mol. The van der Waals surface area contributed by atoms with Gasteiger partial charge in [0.05, 0.1) is 17.4 Å². The van der Waals surface area contributed by atoms with Crippen LogP contribution in [0.4, 0.5) is 4.39 Å². The number of aromatic nitrogens is 2. The summed E-state index contributed by atoms with van der Waals surface area (Å²) in [6.07, 6.45) is 2.25.